The van der Waals surface area contributed by atoms with E-state index in [1.54, 1.807) is 38.3 Å². The monoisotopic (exact) mass is 317 g/mol. The van der Waals surface area contributed by atoms with Crippen LogP contribution in [0.25, 0.3) is 0 Å². The number of ether oxygens (including phenoxy) is 2. The molecule has 0 bridgehead atoms. The van der Waals surface area contributed by atoms with Crippen LogP contribution in [0.5, 0.6) is 17.2 Å². The SMILES string of the molecule is CCOC(=O)C(Nc1ccc(OC)cc1)c1ccc(O)cc1O. The molecule has 2 aromatic carbocycles. The van der Waals surface area contributed by atoms with Gasteiger partial charge in [0.2, 0.25) is 0 Å². The molecule has 1 atom stereocenters. The number of phenols is 2. The predicted molar refractivity (Wildman–Crippen MR) is 85.8 cm³/mol. The van der Waals surface area contributed by atoms with Gasteiger partial charge in [-0.2, -0.15) is 0 Å². The molecule has 6 nitrogen and oxygen atoms in total. The molecule has 1 unspecified atom stereocenters. The maximum atomic E-state index is 12.2. The summed E-state index contributed by atoms with van der Waals surface area (Å²) in [7, 11) is 1.57. The Kier molecular flexibility index (Phi) is 5.30. The summed E-state index contributed by atoms with van der Waals surface area (Å²) in [6, 6.07) is 10.2. The van der Waals surface area contributed by atoms with Crippen molar-refractivity contribution in [2.24, 2.45) is 0 Å². The molecule has 2 aromatic rings. The summed E-state index contributed by atoms with van der Waals surface area (Å²) >= 11 is 0. The summed E-state index contributed by atoms with van der Waals surface area (Å²) in [5, 5.41) is 22.4. The second kappa shape index (κ2) is 7.40. The van der Waals surface area contributed by atoms with Crippen molar-refractivity contribution < 1.29 is 24.5 Å². The first kappa shape index (κ1) is 16.5. The second-order valence-electron chi connectivity index (χ2n) is 4.80. The van der Waals surface area contributed by atoms with Crippen LogP contribution >= 0.6 is 0 Å². The molecule has 6 heteroatoms. The molecule has 0 amide bonds. The first-order valence-corrected chi connectivity index (χ1v) is 7.14. The van der Waals surface area contributed by atoms with Crippen LogP contribution in [0.4, 0.5) is 5.69 Å². The van der Waals surface area contributed by atoms with Crippen LogP contribution < -0.4 is 10.1 Å². The number of benzene rings is 2. The molecule has 0 spiro atoms. The number of anilines is 1. The molecule has 0 saturated carbocycles. The summed E-state index contributed by atoms with van der Waals surface area (Å²) in [4.78, 5) is 12.2. The Morgan fingerprint density at radius 3 is 2.43 bits per heavy atom. The van der Waals surface area contributed by atoms with E-state index in [0.29, 0.717) is 17.0 Å². The van der Waals surface area contributed by atoms with Gasteiger partial charge in [0.05, 0.1) is 13.7 Å². The van der Waals surface area contributed by atoms with Crippen LogP contribution in [-0.4, -0.2) is 29.9 Å². The molecule has 3 N–H and O–H groups in total. The second-order valence-corrected chi connectivity index (χ2v) is 4.80. The molecule has 23 heavy (non-hydrogen) atoms. The lowest BCUT2D eigenvalue weighted by Crippen LogP contribution is -2.23. The van der Waals surface area contributed by atoms with Gasteiger partial charge in [0.25, 0.3) is 0 Å². The normalized spacial score (nSPS) is 11.6. The fraction of sp³-hybridized carbons (Fsp3) is 0.235. The van der Waals surface area contributed by atoms with Gasteiger partial charge in [0.15, 0.2) is 6.04 Å². The van der Waals surface area contributed by atoms with Gasteiger partial charge in [0.1, 0.15) is 17.2 Å². The van der Waals surface area contributed by atoms with Gasteiger partial charge in [-0.15, -0.1) is 0 Å². The van der Waals surface area contributed by atoms with Crippen molar-refractivity contribution in [1.82, 2.24) is 0 Å². The molecule has 2 rings (SSSR count). The lowest BCUT2D eigenvalue weighted by Gasteiger charge is -2.20. The van der Waals surface area contributed by atoms with Gasteiger partial charge >= 0.3 is 5.97 Å². The Morgan fingerprint density at radius 2 is 1.87 bits per heavy atom. The third-order valence-electron chi connectivity index (χ3n) is 3.25. The van der Waals surface area contributed by atoms with Crippen molar-refractivity contribution >= 4 is 11.7 Å². The van der Waals surface area contributed by atoms with Gasteiger partial charge in [-0.3, -0.25) is 0 Å². The quantitative estimate of drug-likeness (QED) is 0.710. The molecular formula is C17H19NO5. The summed E-state index contributed by atoms with van der Waals surface area (Å²) in [6.07, 6.45) is 0. The zero-order chi connectivity index (χ0) is 16.8. The minimum absolute atomic E-state index is 0.0849. The van der Waals surface area contributed by atoms with Gasteiger partial charge < -0.3 is 25.0 Å². The molecule has 0 aliphatic heterocycles. The number of methoxy groups -OCH3 is 1. The van der Waals surface area contributed by atoms with E-state index in [0.717, 1.165) is 0 Å². The number of rotatable bonds is 6. The number of hydrogen-bond acceptors (Lipinski definition) is 6. The van der Waals surface area contributed by atoms with E-state index in [-0.39, 0.29) is 18.1 Å². The summed E-state index contributed by atoms with van der Waals surface area (Å²) in [5.74, 6) is -0.109. The number of aromatic hydroxyl groups is 2. The Bertz CT molecular complexity index is 669. The highest BCUT2D eigenvalue weighted by molar-refractivity contribution is 5.82. The Morgan fingerprint density at radius 1 is 1.17 bits per heavy atom. The first-order valence-electron chi connectivity index (χ1n) is 7.14. The van der Waals surface area contributed by atoms with Gasteiger partial charge in [0, 0.05) is 17.3 Å². The molecule has 122 valence electrons. The highest BCUT2D eigenvalue weighted by Gasteiger charge is 2.25. The van der Waals surface area contributed by atoms with Crippen molar-refractivity contribution in [2.75, 3.05) is 19.0 Å². The summed E-state index contributed by atoms with van der Waals surface area (Å²) in [5.41, 5.74) is 0.980. The van der Waals surface area contributed by atoms with E-state index in [1.165, 1.54) is 18.2 Å². The number of carbonyl (C=O) groups is 1. The van der Waals surface area contributed by atoms with Crippen LogP contribution in [0.3, 0.4) is 0 Å². The van der Waals surface area contributed by atoms with Crippen molar-refractivity contribution in [3.63, 3.8) is 0 Å². The predicted octanol–water partition coefficient (Wildman–Crippen LogP) is 2.82. The maximum absolute atomic E-state index is 12.2. The van der Waals surface area contributed by atoms with Crippen LogP contribution in [0.2, 0.25) is 0 Å². The first-order chi connectivity index (χ1) is 11.0. The average molecular weight is 317 g/mol. The third kappa shape index (κ3) is 4.06. The highest BCUT2D eigenvalue weighted by atomic mass is 16.5. The molecule has 0 aliphatic rings. The van der Waals surface area contributed by atoms with Crippen LogP contribution in [0.1, 0.15) is 18.5 Å². The number of carbonyl (C=O) groups excluding carboxylic acids is 1. The summed E-state index contributed by atoms with van der Waals surface area (Å²) in [6.45, 7) is 1.93. The smallest absolute Gasteiger partial charge is 0.333 e. The van der Waals surface area contributed by atoms with Crippen molar-refractivity contribution in [2.45, 2.75) is 13.0 Å². The van der Waals surface area contributed by atoms with Gasteiger partial charge in [-0.05, 0) is 43.3 Å². The van der Waals surface area contributed by atoms with E-state index in [1.807, 2.05) is 0 Å². The number of esters is 1. The average Bonchev–Trinajstić information content (AvgIpc) is 2.54. The molecule has 0 heterocycles. The van der Waals surface area contributed by atoms with E-state index in [2.05, 4.69) is 5.32 Å². The standard InChI is InChI=1S/C17H19NO5/c1-3-23-17(21)16(14-9-6-12(19)10-15(14)20)18-11-4-7-13(22-2)8-5-11/h4-10,16,18-20H,3H2,1-2H3. The zero-order valence-corrected chi connectivity index (χ0v) is 12.9. The highest BCUT2D eigenvalue weighted by Crippen LogP contribution is 2.31. The molecule has 0 fully saturated rings. The maximum Gasteiger partial charge on any atom is 0.333 e. The Labute approximate surface area is 134 Å². The molecule has 0 saturated heterocycles. The van der Waals surface area contributed by atoms with Crippen molar-refractivity contribution in [3.05, 3.63) is 48.0 Å². The van der Waals surface area contributed by atoms with E-state index < -0.39 is 12.0 Å². The molecule has 0 aliphatic carbocycles. The fourth-order valence-electron chi connectivity index (χ4n) is 2.12. The van der Waals surface area contributed by atoms with E-state index >= 15 is 0 Å². The fourth-order valence-corrected chi connectivity index (χ4v) is 2.12. The largest absolute Gasteiger partial charge is 0.508 e. The molecular weight excluding hydrogens is 298 g/mol. The number of hydrogen-bond donors (Lipinski definition) is 3. The lowest BCUT2D eigenvalue weighted by atomic mass is 10.0. The topological polar surface area (TPSA) is 88.0 Å². The van der Waals surface area contributed by atoms with Gasteiger partial charge in [-0.25, -0.2) is 4.79 Å². The number of phenolic OH excluding ortho intramolecular Hbond substituents is 2. The van der Waals surface area contributed by atoms with Crippen molar-refractivity contribution in [3.8, 4) is 17.2 Å². The molecule has 0 radical (unpaired) electrons. The van der Waals surface area contributed by atoms with Crippen LogP contribution in [0, 0.1) is 0 Å². The Hall–Kier alpha value is -2.89. The minimum atomic E-state index is -0.899. The Balaban J connectivity index is 2.31. The number of nitrogens with one attached hydrogen (secondary N) is 1. The summed E-state index contributed by atoms with van der Waals surface area (Å²) < 4.78 is 10.2. The van der Waals surface area contributed by atoms with E-state index in [9.17, 15) is 15.0 Å². The zero-order valence-electron chi connectivity index (χ0n) is 12.9. The van der Waals surface area contributed by atoms with Gasteiger partial charge in [-0.1, -0.05) is 0 Å². The molecule has 0 aromatic heterocycles. The van der Waals surface area contributed by atoms with Crippen LogP contribution in [-0.2, 0) is 9.53 Å². The van der Waals surface area contributed by atoms with Crippen LogP contribution in [0.15, 0.2) is 42.5 Å². The van der Waals surface area contributed by atoms with Crippen molar-refractivity contribution in [1.29, 1.82) is 0 Å². The minimum Gasteiger partial charge on any atom is -0.508 e. The lowest BCUT2D eigenvalue weighted by molar-refractivity contribution is -0.144. The van der Waals surface area contributed by atoms with E-state index in [4.69, 9.17) is 9.47 Å². The third-order valence-corrected chi connectivity index (χ3v) is 3.25.